The summed E-state index contributed by atoms with van der Waals surface area (Å²) in [4.78, 5) is 24.9. The van der Waals surface area contributed by atoms with Gasteiger partial charge in [-0.05, 0) is 69.2 Å². The Bertz CT molecular complexity index is 1410. The molecule has 1 heterocycles. The Balaban J connectivity index is 1.61. The molecule has 0 saturated heterocycles. The van der Waals surface area contributed by atoms with E-state index in [0.29, 0.717) is 13.8 Å². The van der Waals surface area contributed by atoms with Gasteiger partial charge in [-0.25, -0.2) is 17.6 Å². The lowest BCUT2D eigenvalue weighted by atomic mass is 9.88. The van der Waals surface area contributed by atoms with E-state index >= 15 is 0 Å². The van der Waals surface area contributed by atoms with E-state index in [-0.39, 0.29) is 41.0 Å². The van der Waals surface area contributed by atoms with E-state index in [1.165, 1.54) is 18.2 Å². The van der Waals surface area contributed by atoms with Crippen LogP contribution in [0.25, 0.3) is 0 Å². The zero-order chi connectivity index (χ0) is 30.2. The molecule has 2 aliphatic rings. The molecule has 0 bridgehead atoms. The topological polar surface area (TPSA) is 114 Å². The molecule has 0 aromatic heterocycles. The maximum atomic E-state index is 13.7. The highest BCUT2D eigenvalue weighted by molar-refractivity contribution is 7.92. The van der Waals surface area contributed by atoms with Crippen molar-refractivity contribution in [1.82, 2.24) is 5.32 Å². The van der Waals surface area contributed by atoms with Crippen LogP contribution < -0.4 is 19.7 Å². The summed E-state index contributed by atoms with van der Waals surface area (Å²) in [5.41, 5.74) is -3.37. The van der Waals surface area contributed by atoms with Crippen LogP contribution in [0, 0.1) is 11.2 Å². The number of carbonyl (C=O) groups is 2. The minimum Gasteiger partial charge on any atom is -0.484 e. The highest BCUT2D eigenvalue weighted by Gasteiger charge is 2.51. The largest absolute Gasteiger partial charge is 0.484 e. The minimum absolute atomic E-state index is 0.00214. The number of alkyl halides is 3. The molecule has 2 aromatic carbocycles. The van der Waals surface area contributed by atoms with Crippen molar-refractivity contribution in [3.8, 4) is 5.75 Å². The lowest BCUT2D eigenvalue weighted by Crippen LogP contribution is -2.50. The molecule has 4 rings (SSSR count). The summed E-state index contributed by atoms with van der Waals surface area (Å²) in [5, 5.41) is 5.04. The molecule has 1 unspecified atom stereocenters. The zero-order valence-corrected chi connectivity index (χ0v) is 23.5. The van der Waals surface area contributed by atoms with Gasteiger partial charge in [0, 0.05) is 11.1 Å². The van der Waals surface area contributed by atoms with Crippen LogP contribution in [0.1, 0.15) is 46.5 Å². The zero-order valence-electron chi connectivity index (χ0n) is 22.7. The van der Waals surface area contributed by atoms with E-state index in [4.69, 9.17) is 4.74 Å². The maximum absolute atomic E-state index is 13.7. The number of nitrogens with zero attached hydrogens (tertiary/aromatic N) is 1. The molecule has 2 N–H and O–H groups in total. The van der Waals surface area contributed by atoms with Crippen molar-refractivity contribution in [2.24, 2.45) is 5.41 Å². The Morgan fingerprint density at radius 1 is 1.10 bits per heavy atom. The number of hydrogen-bond acceptors (Lipinski definition) is 6. The lowest BCUT2D eigenvalue weighted by molar-refractivity contribution is -0.242. The first-order valence-corrected chi connectivity index (χ1v) is 14.4. The predicted octanol–water partition coefficient (Wildman–Crippen LogP) is 5.37. The Hall–Kier alpha value is -3.55. The van der Waals surface area contributed by atoms with Crippen molar-refractivity contribution in [2.75, 3.05) is 22.7 Å². The number of hydrogen-bond donors (Lipinski definition) is 2. The molecule has 14 heteroatoms. The summed E-state index contributed by atoms with van der Waals surface area (Å²) in [6.07, 6.45) is -3.65. The van der Waals surface area contributed by atoms with Gasteiger partial charge >= 0.3 is 12.3 Å². The molecular weight excluding hydrogens is 570 g/mol. The Morgan fingerprint density at radius 3 is 2.34 bits per heavy atom. The molecule has 2 amide bonds. The second-order valence-electron chi connectivity index (χ2n) is 10.9. The summed E-state index contributed by atoms with van der Waals surface area (Å²) < 4.78 is 91.8. The van der Waals surface area contributed by atoms with Gasteiger partial charge in [0.2, 0.25) is 11.5 Å². The number of benzene rings is 2. The molecule has 1 atom stereocenters. The van der Waals surface area contributed by atoms with Gasteiger partial charge in [0.15, 0.2) is 0 Å². The number of fused-ring (bicyclic) bond motifs is 1. The van der Waals surface area contributed by atoms with Gasteiger partial charge in [0.1, 0.15) is 17.7 Å². The standard InChI is InChI=1S/C27H31F4N3O6S/c1-25(2,27(29,30)31)40-24(36)33-18-8-11-22-21(14-18)34(41(37,38)20-9-6-17(28)7-10-20)16-19(39-22)15-32-23(35)26(3)12-4-5-13-26/h6-11,14,19H,4-5,12-13,15-16H2,1-3H3,(H,32,35)(H,33,36). The quantitative estimate of drug-likeness (QED) is 0.413. The number of nitrogens with one attached hydrogen (secondary N) is 2. The number of carbonyl (C=O) groups excluding carboxylic acids is 2. The Kier molecular flexibility index (Phi) is 8.18. The second kappa shape index (κ2) is 11.0. The summed E-state index contributed by atoms with van der Waals surface area (Å²) >= 11 is 0. The SMILES string of the molecule is CC1(C(=O)NCC2CN(S(=O)(=O)c3ccc(F)cc3)c3cc(NC(=O)OC(C)(C)C(F)(F)F)ccc3O2)CCCC1. The average Bonchev–Trinajstić information content (AvgIpc) is 3.33. The van der Waals surface area contributed by atoms with Crippen LogP contribution in [0.4, 0.5) is 33.7 Å². The van der Waals surface area contributed by atoms with Crippen molar-refractivity contribution in [1.29, 1.82) is 0 Å². The first-order chi connectivity index (χ1) is 19.0. The van der Waals surface area contributed by atoms with Gasteiger partial charge in [0.25, 0.3) is 10.0 Å². The normalized spacial score (nSPS) is 18.7. The van der Waals surface area contributed by atoms with Gasteiger partial charge in [-0.3, -0.25) is 14.4 Å². The Labute approximate surface area is 235 Å². The van der Waals surface area contributed by atoms with E-state index in [1.54, 1.807) is 0 Å². The lowest BCUT2D eigenvalue weighted by Gasteiger charge is -2.36. The van der Waals surface area contributed by atoms with Crippen LogP contribution >= 0.6 is 0 Å². The molecule has 1 aliphatic heterocycles. The number of sulfonamides is 1. The molecule has 9 nitrogen and oxygen atoms in total. The molecule has 1 saturated carbocycles. The molecule has 224 valence electrons. The van der Waals surface area contributed by atoms with Gasteiger partial charge in [-0.2, -0.15) is 13.2 Å². The molecule has 0 spiro atoms. The summed E-state index contributed by atoms with van der Waals surface area (Å²) in [6.45, 7) is 3.01. The van der Waals surface area contributed by atoms with Gasteiger partial charge < -0.3 is 14.8 Å². The number of anilines is 2. The maximum Gasteiger partial charge on any atom is 0.427 e. The number of rotatable bonds is 7. The fourth-order valence-electron chi connectivity index (χ4n) is 4.69. The number of ether oxygens (including phenoxy) is 2. The third kappa shape index (κ3) is 6.52. The van der Waals surface area contributed by atoms with E-state index in [0.717, 1.165) is 54.3 Å². The van der Waals surface area contributed by atoms with Gasteiger partial charge in [-0.1, -0.05) is 19.8 Å². The van der Waals surface area contributed by atoms with Crippen molar-refractivity contribution in [3.63, 3.8) is 0 Å². The van der Waals surface area contributed by atoms with E-state index in [2.05, 4.69) is 15.4 Å². The van der Waals surface area contributed by atoms with Crippen LogP contribution in [0.15, 0.2) is 47.4 Å². The van der Waals surface area contributed by atoms with Crippen LogP contribution in [-0.2, 0) is 19.6 Å². The van der Waals surface area contributed by atoms with E-state index in [9.17, 15) is 35.6 Å². The molecule has 1 fully saturated rings. The van der Waals surface area contributed by atoms with E-state index in [1.807, 2.05) is 6.92 Å². The molecule has 0 radical (unpaired) electrons. The fourth-order valence-corrected chi connectivity index (χ4v) is 6.19. The predicted molar refractivity (Wildman–Crippen MR) is 142 cm³/mol. The summed E-state index contributed by atoms with van der Waals surface area (Å²) in [6, 6.07) is 8.04. The number of halogens is 4. The van der Waals surface area contributed by atoms with Gasteiger partial charge in [-0.15, -0.1) is 0 Å². The fraction of sp³-hybridized carbons (Fsp3) is 0.481. The van der Waals surface area contributed by atoms with Crippen LogP contribution in [0.3, 0.4) is 0 Å². The highest BCUT2D eigenvalue weighted by atomic mass is 32.2. The van der Waals surface area contributed by atoms with E-state index < -0.39 is 45.2 Å². The van der Waals surface area contributed by atoms with Crippen LogP contribution in [-0.4, -0.2) is 51.4 Å². The van der Waals surface area contributed by atoms with Crippen molar-refractivity contribution in [2.45, 2.75) is 69.2 Å². The average molecular weight is 602 g/mol. The summed E-state index contributed by atoms with van der Waals surface area (Å²) in [5.74, 6) is -0.709. The summed E-state index contributed by atoms with van der Waals surface area (Å²) in [7, 11) is -4.30. The molecular formula is C27H31F4N3O6S. The third-order valence-electron chi connectivity index (χ3n) is 7.31. The molecule has 2 aromatic rings. The second-order valence-corrected chi connectivity index (χ2v) is 12.8. The monoisotopic (exact) mass is 601 g/mol. The first kappa shape index (κ1) is 30.4. The highest BCUT2D eigenvalue weighted by Crippen LogP contribution is 2.40. The van der Waals surface area contributed by atoms with Crippen LogP contribution in [0.2, 0.25) is 0 Å². The van der Waals surface area contributed by atoms with Gasteiger partial charge in [0.05, 0.1) is 23.7 Å². The number of amides is 2. The van der Waals surface area contributed by atoms with Crippen molar-refractivity contribution in [3.05, 3.63) is 48.3 Å². The molecule has 41 heavy (non-hydrogen) atoms. The van der Waals surface area contributed by atoms with Crippen molar-refractivity contribution >= 4 is 33.4 Å². The van der Waals surface area contributed by atoms with Crippen LogP contribution in [0.5, 0.6) is 5.75 Å². The molecule has 1 aliphatic carbocycles. The minimum atomic E-state index is -4.83. The third-order valence-corrected chi connectivity index (χ3v) is 9.11. The smallest absolute Gasteiger partial charge is 0.427 e. The van der Waals surface area contributed by atoms with Crippen molar-refractivity contribution < 1.29 is 45.0 Å². The Morgan fingerprint density at radius 2 is 1.73 bits per heavy atom. The first-order valence-electron chi connectivity index (χ1n) is 13.0.